The van der Waals surface area contributed by atoms with Crippen LogP contribution in [0.15, 0.2) is 35.2 Å². The molecule has 0 aliphatic carbocycles. The normalized spacial score (nSPS) is 14.1. The van der Waals surface area contributed by atoms with E-state index >= 15 is 0 Å². The number of hydrogen-bond acceptors (Lipinski definition) is 5. The van der Waals surface area contributed by atoms with Crippen LogP contribution in [0.3, 0.4) is 0 Å². The molecule has 7 heteroatoms. The Kier molecular flexibility index (Phi) is 5.05. The summed E-state index contributed by atoms with van der Waals surface area (Å²) < 4.78 is 5.94. The monoisotopic (exact) mass is 349 g/mol. The molecule has 6 nitrogen and oxygen atoms in total. The Morgan fingerprint density at radius 3 is 2.21 bits per heavy atom. The van der Waals surface area contributed by atoms with Crippen molar-refractivity contribution in [3.05, 3.63) is 52.0 Å². The molecule has 2 aromatic rings. The van der Waals surface area contributed by atoms with Crippen molar-refractivity contribution < 1.29 is 24.5 Å². The lowest BCUT2D eigenvalue weighted by Gasteiger charge is -2.35. The van der Waals surface area contributed by atoms with E-state index in [-0.39, 0.29) is 12.0 Å². The van der Waals surface area contributed by atoms with Gasteiger partial charge in [-0.3, -0.25) is 0 Å². The molecule has 1 aromatic heterocycles. The van der Waals surface area contributed by atoms with Gasteiger partial charge < -0.3 is 14.9 Å². The molecule has 0 bridgehead atoms. The van der Waals surface area contributed by atoms with Crippen molar-refractivity contribution in [2.75, 3.05) is 0 Å². The number of ether oxygens (including phenoxy) is 1. The Hall–Kier alpha value is -2.25. The van der Waals surface area contributed by atoms with Crippen LogP contribution in [0.4, 0.5) is 0 Å². The summed E-state index contributed by atoms with van der Waals surface area (Å²) in [5, 5.41) is 20.5. The van der Waals surface area contributed by atoms with Crippen molar-refractivity contribution in [2.45, 2.75) is 38.4 Å². The first-order chi connectivity index (χ1) is 11.1. The van der Waals surface area contributed by atoms with E-state index in [1.807, 2.05) is 0 Å². The van der Waals surface area contributed by atoms with Crippen LogP contribution in [0.1, 0.15) is 42.4 Å². The lowest BCUT2D eigenvalue weighted by molar-refractivity contribution is -0.188. The minimum atomic E-state index is -1.64. The van der Waals surface area contributed by atoms with Gasteiger partial charge in [0.25, 0.3) is 0 Å². The highest BCUT2D eigenvalue weighted by Crippen LogP contribution is 2.34. The summed E-state index contributed by atoms with van der Waals surface area (Å²) in [5.41, 5.74) is 0.348. The molecule has 0 fully saturated rings. The van der Waals surface area contributed by atoms with E-state index in [0.29, 0.717) is 11.3 Å². The zero-order valence-corrected chi connectivity index (χ0v) is 14.5. The molecule has 0 saturated heterocycles. The number of carboxylic acids is 2. The fourth-order valence-electron chi connectivity index (χ4n) is 2.40. The Morgan fingerprint density at radius 2 is 1.79 bits per heavy atom. The first kappa shape index (κ1) is 18.1. The lowest BCUT2D eigenvalue weighted by atomic mass is 9.90. The molecular formula is C17H19NO5S. The van der Waals surface area contributed by atoms with Crippen LogP contribution < -0.4 is 0 Å². The largest absolute Gasteiger partial charge is 0.479 e. The third-order valence-electron chi connectivity index (χ3n) is 3.33. The van der Waals surface area contributed by atoms with Gasteiger partial charge in [-0.2, -0.15) is 0 Å². The van der Waals surface area contributed by atoms with Gasteiger partial charge in [-0.25, -0.2) is 14.6 Å². The Labute approximate surface area is 143 Å². The maximum atomic E-state index is 12.1. The average molecular weight is 349 g/mol. The van der Waals surface area contributed by atoms with Gasteiger partial charge in [0.05, 0.1) is 22.4 Å². The van der Waals surface area contributed by atoms with Gasteiger partial charge in [-0.05, 0) is 38.5 Å². The number of aromatic nitrogens is 1. The summed E-state index contributed by atoms with van der Waals surface area (Å²) in [4.78, 5) is 27.2. The molecular weight excluding hydrogens is 330 g/mol. The molecule has 1 aromatic carbocycles. The van der Waals surface area contributed by atoms with Crippen molar-refractivity contribution >= 4 is 23.3 Å². The van der Waals surface area contributed by atoms with Gasteiger partial charge in [0.1, 0.15) is 0 Å². The quantitative estimate of drug-likeness (QED) is 0.831. The highest BCUT2D eigenvalue weighted by Gasteiger charge is 2.46. The van der Waals surface area contributed by atoms with Crippen LogP contribution >= 0.6 is 11.3 Å². The zero-order chi connectivity index (χ0) is 18.0. The van der Waals surface area contributed by atoms with E-state index in [1.54, 1.807) is 43.8 Å². The second kappa shape index (κ2) is 6.70. The first-order valence-electron chi connectivity index (χ1n) is 7.28. The van der Waals surface area contributed by atoms with Gasteiger partial charge in [0.2, 0.25) is 5.60 Å². The fourth-order valence-corrected chi connectivity index (χ4v) is 3.01. The summed E-state index contributed by atoms with van der Waals surface area (Å²) in [7, 11) is 0. The summed E-state index contributed by atoms with van der Waals surface area (Å²) in [6.45, 7) is 5.35. The minimum Gasteiger partial charge on any atom is -0.479 e. The van der Waals surface area contributed by atoms with Gasteiger partial charge >= 0.3 is 11.9 Å². The second-order valence-electron chi connectivity index (χ2n) is 6.40. The van der Waals surface area contributed by atoms with E-state index in [4.69, 9.17) is 9.84 Å². The predicted molar refractivity (Wildman–Crippen MR) is 89.4 cm³/mol. The van der Waals surface area contributed by atoms with Crippen LogP contribution in [0, 0.1) is 0 Å². The molecule has 2 rings (SSSR count). The molecule has 1 unspecified atom stereocenters. The van der Waals surface area contributed by atoms with E-state index in [1.165, 1.54) is 23.5 Å². The molecule has 0 radical (unpaired) electrons. The summed E-state index contributed by atoms with van der Waals surface area (Å²) in [5.74, 6) is -2.16. The van der Waals surface area contributed by atoms with Crippen LogP contribution in [0.5, 0.6) is 0 Å². The summed E-state index contributed by atoms with van der Waals surface area (Å²) in [6, 6.07) is 6.09. The van der Waals surface area contributed by atoms with Crippen molar-refractivity contribution in [2.24, 2.45) is 0 Å². The van der Waals surface area contributed by atoms with Gasteiger partial charge in [-0.1, -0.05) is 12.1 Å². The zero-order valence-electron chi connectivity index (χ0n) is 13.6. The minimum absolute atomic E-state index is 0.0449. The Balaban J connectivity index is 2.45. The number of aromatic carboxylic acids is 1. The standard InChI is InChI=1S/C17H19NO5S/c1-16(2,3)23-17(15(21)22,13-9-24-10-18-13)8-11-4-6-12(7-5-11)14(19)20/h4-7,9-10H,8H2,1-3H3,(H,19,20)(H,21,22). The fraction of sp³-hybridized carbons (Fsp3) is 0.353. The van der Waals surface area contributed by atoms with Crippen molar-refractivity contribution in [1.82, 2.24) is 4.98 Å². The maximum absolute atomic E-state index is 12.1. The second-order valence-corrected chi connectivity index (χ2v) is 7.12. The summed E-state index contributed by atoms with van der Waals surface area (Å²) >= 11 is 1.29. The number of benzene rings is 1. The van der Waals surface area contributed by atoms with E-state index < -0.39 is 23.1 Å². The topological polar surface area (TPSA) is 96.7 Å². The maximum Gasteiger partial charge on any atom is 0.342 e. The molecule has 0 amide bonds. The third-order valence-corrected chi connectivity index (χ3v) is 3.91. The number of thiazole rings is 1. The first-order valence-corrected chi connectivity index (χ1v) is 8.23. The Bertz CT molecular complexity index is 718. The van der Waals surface area contributed by atoms with E-state index in [9.17, 15) is 14.7 Å². The van der Waals surface area contributed by atoms with Crippen LogP contribution in [0.2, 0.25) is 0 Å². The number of carboxylic acid groups (broad SMARTS) is 2. The number of rotatable bonds is 6. The van der Waals surface area contributed by atoms with Crippen LogP contribution in [0.25, 0.3) is 0 Å². The van der Waals surface area contributed by atoms with Gasteiger partial charge in [0, 0.05) is 11.8 Å². The van der Waals surface area contributed by atoms with Crippen LogP contribution in [-0.2, 0) is 21.6 Å². The number of aliphatic carboxylic acids is 1. The lowest BCUT2D eigenvalue weighted by Crippen LogP contribution is -2.46. The highest BCUT2D eigenvalue weighted by atomic mass is 32.1. The summed E-state index contributed by atoms with van der Waals surface area (Å²) in [6.07, 6.45) is 0.0449. The predicted octanol–water partition coefficient (Wildman–Crippen LogP) is 3.18. The molecule has 128 valence electrons. The van der Waals surface area contributed by atoms with Crippen molar-refractivity contribution in [3.63, 3.8) is 0 Å². The van der Waals surface area contributed by atoms with Crippen LogP contribution in [-0.4, -0.2) is 32.7 Å². The highest BCUT2D eigenvalue weighted by molar-refractivity contribution is 7.07. The van der Waals surface area contributed by atoms with Crippen molar-refractivity contribution in [3.8, 4) is 0 Å². The van der Waals surface area contributed by atoms with Crippen molar-refractivity contribution in [1.29, 1.82) is 0 Å². The molecule has 1 heterocycles. The average Bonchev–Trinajstić information content (AvgIpc) is 3.00. The molecule has 0 spiro atoms. The molecule has 24 heavy (non-hydrogen) atoms. The molecule has 0 saturated carbocycles. The molecule has 2 N–H and O–H groups in total. The van der Waals surface area contributed by atoms with Gasteiger partial charge in [-0.15, -0.1) is 11.3 Å². The van der Waals surface area contributed by atoms with E-state index in [0.717, 1.165) is 0 Å². The van der Waals surface area contributed by atoms with E-state index in [2.05, 4.69) is 4.98 Å². The molecule has 1 atom stereocenters. The number of hydrogen-bond donors (Lipinski definition) is 2. The smallest absolute Gasteiger partial charge is 0.342 e. The molecule has 0 aliphatic rings. The molecule has 0 aliphatic heterocycles. The number of carbonyl (C=O) groups is 2. The SMILES string of the molecule is CC(C)(C)OC(Cc1ccc(C(=O)O)cc1)(C(=O)O)c1cscn1. The Morgan fingerprint density at radius 1 is 1.17 bits per heavy atom. The van der Waals surface area contributed by atoms with Gasteiger partial charge in [0.15, 0.2) is 0 Å². The number of nitrogens with zero attached hydrogens (tertiary/aromatic N) is 1. The third kappa shape index (κ3) is 3.98.